The van der Waals surface area contributed by atoms with Crippen LogP contribution in [0, 0.1) is 0 Å². The quantitative estimate of drug-likeness (QED) is 0.295. The molecular formula is C15H21N3O4. The molecule has 0 fully saturated rings. The van der Waals surface area contributed by atoms with E-state index >= 15 is 0 Å². The third-order valence-corrected chi connectivity index (χ3v) is 2.99. The van der Waals surface area contributed by atoms with Crippen LogP contribution in [0.15, 0.2) is 30.0 Å². The van der Waals surface area contributed by atoms with Gasteiger partial charge in [-0.15, -0.1) is 0 Å². The molecule has 7 heteroatoms. The van der Waals surface area contributed by atoms with Gasteiger partial charge in [0.15, 0.2) is 0 Å². The topological polar surface area (TPSA) is 101 Å². The molecule has 1 aromatic heterocycles. The number of pyridine rings is 1. The van der Waals surface area contributed by atoms with Crippen LogP contribution in [0.5, 0.6) is 5.88 Å². The minimum atomic E-state index is -0.398. The second kappa shape index (κ2) is 9.51. The van der Waals surface area contributed by atoms with Gasteiger partial charge in [-0.25, -0.2) is 10.5 Å². The lowest BCUT2D eigenvalue weighted by Gasteiger charge is -2.06. The highest BCUT2D eigenvalue weighted by Gasteiger charge is 2.05. The maximum absolute atomic E-state index is 11.9. The second-order valence-electron chi connectivity index (χ2n) is 4.71. The first kappa shape index (κ1) is 17.6. The summed E-state index contributed by atoms with van der Waals surface area (Å²) in [6.07, 6.45) is 5.73. The van der Waals surface area contributed by atoms with Crippen molar-refractivity contribution in [3.63, 3.8) is 0 Å². The molecule has 0 unspecified atom stereocenters. The molecule has 0 atom stereocenters. The van der Waals surface area contributed by atoms with Gasteiger partial charge in [-0.2, -0.15) is 0 Å². The lowest BCUT2D eigenvalue weighted by atomic mass is 10.1. The molecule has 2 amide bonds. The fraction of sp³-hybridized carbons (Fsp3) is 0.400. The van der Waals surface area contributed by atoms with E-state index in [1.807, 2.05) is 6.08 Å². The fourth-order valence-electron chi connectivity index (χ4n) is 1.70. The number of amides is 2. The smallest absolute Gasteiger partial charge is 0.251 e. The number of hydrogen-bond donors (Lipinski definition) is 3. The summed E-state index contributed by atoms with van der Waals surface area (Å²) in [4.78, 5) is 26.8. The molecule has 0 bridgehead atoms. The number of rotatable bonds is 8. The van der Waals surface area contributed by atoms with Crippen molar-refractivity contribution >= 4 is 17.5 Å². The summed E-state index contributed by atoms with van der Waals surface area (Å²) in [5.74, 6) is -0.109. The first-order valence-corrected chi connectivity index (χ1v) is 6.98. The molecule has 1 rings (SSSR count). The van der Waals surface area contributed by atoms with Gasteiger partial charge in [-0.1, -0.05) is 6.08 Å². The number of aromatic nitrogens is 1. The summed E-state index contributed by atoms with van der Waals surface area (Å²) in [7, 11) is 1.53. The standard InChI is InChI=1S/C15H21N3O4/c1-11(6-4-3-5-7-13(19)18-21)15(20)17-12-8-9-14(22-2)16-10-12/h6,8-10,21H,3-5,7H2,1-2H3,(H,17,20)(H,18,19)/b11-6+. The van der Waals surface area contributed by atoms with Crippen LogP contribution in [0.25, 0.3) is 0 Å². The summed E-state index contributed by atoms with van der Waals surface area (Å²) in [6.45, 7) is 1.73. The van der Waals surface area contributed by atoms with Crippen LogP contribution in [-0.2, 0) is 9.59 Å². The lowest BCUT2D eigenvalue weighted by Crippen LogP contribution is -2.17. The third-order valence-electron chi connectivity index (χ3n) is 2.99. The molecule has 0 saturated heterocycles. The number of unbranched alkanes of at least 4 members (excludes halogenated alkanes) is 2. The van der Waals surface area contributed by atoms with Crippen molar-refractivity contribution in [3.05, 3.63) is 30.0 Å². The van der Waals surface area contributed by atoms with Crippen molar-refractivity contribution in [3.8, 4) is 5.88 Å². The van der Waals surface area contributed by atoms with Crippen molar-refractivity contribution in [2.75, 3.05) is 12.4 Å². The van der Waals surface area contributed by atoms with E-state index < -0.39 is 5.91 Å². The first-order valence-electron chi connectivity index (χ1n) is 6.98. The van der Waals surface area contributed by atoms with Crippen molar-refractivity contribution in [1.82, 2.24) is 10.5 Å². The molecule has 1 heterocycles. The molecule has 0 saturated carbocycles. The molecule has 0 spiro atoms. The number of carbonyl (C=O) groups excluding carboxylic acids is 2. The Morgan fingerprint density at radius 3 is 2.73 bits per heavy atom. The van der Waals surface area contributed by atoms with Gasteiger partial charge in [-0.3, -0.25) is 14.8 Å². The normalized spacial score (nSPS) is 11.0. The van der Waals surface area contributed by atoms with E-state index in [0.29, 0.717) is 30.0 Å². The van der Waals surface area contributed by atoms with Crippen LogP contribution >= 0.6 is 0 Å². The molecule has 0 aliphatic heterocycles. The number of hydrogen-bond acceptors (Lipinski definition) is 5. The van der Waals surface area contributed by atoms with E-state index in [0.717, 1.165) is 6.42 Å². The fourth-order valence-corrected chi connectivity index (χ4v) is 1.70. The van der Waals surface area contributed by atoms with Gasteiger partial charge in [-0.05, 0) is 32.3 Å². The average molecular weight is 307 g/mol. The Labute approximate surface area is 129 Å². The van der Waals surface area contributed by atoms with Crippen molar-refractivity contribution < 1.29 is 19.5 Å². The highest BCUT2D eigenvalue weighted by Crippen LogP contribution is 2.12. The van der Waals surface area contributed by atoms with Gasteiger partial charge < -0.3 is 10.1 Å². The molecule has 1 aromatic rings. The van der Waals surface area contributed by atoms with E-state index in [2.05, 4.69) is 10.3 Å². The minimum absolute atomic E-state index is 0.194. The number of hydroxylamine groups is 1. The Bertz CT molecular complexity index is 526. The van der Waals surface area contributed by atoms with E-state index in [4.69, 9.17) is 9.94 Å². The molecule has 22 heavy (non-hydrogen) atoms. The van der Waals surface area contributed by atoms with Gasteiger partial charge in [0.25, 0.3) is 5.91 Å². The number of anilines is 1. The average Bonchev–Trinajstić information content (AvgIpc) is 2.54. The van der Waals surface area contributed by atoms with Gasteiger partial charge in [0.1, 0.15) is 0 Å². The number of nitrogens with zero attached hydrogens (tertiary/aromatic N) is 1. The first-order chi connectivity index (χ1) is 10.6. The van der Waals surface area contributed by atoms with Gasteiger partial charge in [0, 0.05) is 18.1 Å². The molecule has 120 valence electrons. The number of carbonyl (C=O) groups is 2. The van der Waals surface area contributed by atoms with Crippen LogP contribution in [0.2, 0.25) is 0 Å². The molecule has 0 radical (unpaired) electrons. The third kappa shape index (κ3) is 6.36. The predicted octanol–water partition coefficient (Wildman–Crippen LogP) is 2.04. The summed E-state index contributed by atoms with van der Waals surface area (Å²) in [5.41, 5.74) is 2.78. The second-order valence-corrected chi connectivity index (χ2v) is 4.71. The van der Waals surface area contributed by atoms with Crippen molar-refractivity contribution in [2.24, 2.45) is 0 Å². The van der Waals surface area contributed by atoms with Crippen molar-refractivity contribution in [1.29, 1.82) is 0 Å². The Kier molecular flexibility index (Phi) is 7.63. The molecular weight excluding hydrogens is 286 g/mol. The van der Waals surface area contributed by atoms with Crippen LogP contribution in [0.4, 0.5) is 5.69 Å². The maximum Gasteiger partial charge on any atom is 0.251 e. The van der Waals surface area contributed by atoms with Crippen LogP contribution in [-0.4, -0.2) is 29.1 Å². The SMILES string of the molecule is COc1ccc(NC(=O)/C(C)=C/CCCCC(=O)NO)cn1. The highest BCUT2D eigenvalue weighted by molar-refractivity contribution is 6.03. The Morgan fingerprint density at radius 2 is 2.14 bits per heavy atom. The van der Waals surface area contributed by atoms with E-state index in [1.54, 1.807) is 24.5 Å². The predicted molar refractivity (Wildman–Crippen MR) is 81.6 cm³/mol. The molecule has 7 nitrogen and oxygen atoms in total. The van der Waals surface area contributed by atoms with E-state index in [9.17, 15) is 9.59 Å². The van der Waals surface area contributed by atoms with Crippen LogP contribution in [0.3, 0.4) is 0 Å². The van der Waals surface area contributed by atoms with Gasteiger partial charge >= 0.3 is 0 Å². The highest BCUT2D eigenvalue weighted by atomic mass is 16.5. The number of ether oxygens (including phenoxy) is 1. The number of methoxy groups -OCH3 is 1. The summed E-state index contributed by atoms with van der Waals surface area (Å²) >= 11 is 0. The molecule has 0 aliphatic rings. The molecule has 0 aromatic carbocycles. The van der Waals surface area contributed by atoms with Gasteiger partial charge in [0.2, 0.25) is 11.8 Å². The summed E-state index contributed by atoms with van der Waals surface area (Å²) in [6, 6.07) is 3.38. The zero-order valence-corrected chi connectivity index (χ0v) is 12.8. The maximum atomic E-state index is 11.9. The molecule has 0 aliphatic carbocycles. The largest absolute Gasteiger partial charge is 0.481 e. The Balaban J connectivity index is 2.36. The monoisotopic (exact) mass is 307 g/mol. The van der Waals surface area contributed by atoms with Crippen molar-refractivity contribution in [2.45, 2.75) is 32.6 Å². The van der Waals surface area contributed by atoms with Crippen LogP contribution < -0.4 is 15.5 Å². The zero-order chi connectivity index (χ0) is 16.4. The molecule has 3 N–H and O–H groups in total. The van der Waals surface area contributed by atoms with Crippen LogP contribution in [0.1, 0.15) is 32.6 Å². The van der Waals surface area contributed by atoms with Gasteiger partial charge in [0.05, 0.1) is 19.0 Å². The summed E-state index contributed by atoms with van der Waals surface area (Å²) < 4.78 is 4.94. The Hall–Kier alpha value is -2.41. The minimum Gasteiger partial charge on any atom is -0.481 e. The number of allylic oxidation sites excluding steroid dienone is 1. The summed E-state index contributed by atoms with van der Waals surface area (Å²) in [5, 5.41) is 11.1. The van der Waals surface area contributed by atoms with E-state index in [-0.39, 0.29) is 12.3 Å². The Morgan fingerprint density at radius 1 is 1.36 bits per heavy atom. The van der Waals surface area contributed by atoms with E-state index in [1.165, 1.54) is 13.3 Å². The lowest BCUT2D eigenvalue weighted by molar-refractivity contribution is -0.129. The number of nitrogens with one attached hydrogen (secondary N) is 2. The zero-order valence-electron chi connectivity index (χ0n) is 12.8.